The summed E-state index contributed by atoms with van der Waals surface area (Å²) in [5.41, 5.74) is 1.83. The monoisotopic (exact) mass is 342 g/mol. The summed E-state index contributed by atoms with van der Waals surface area (Å²) in [5, 5.41) is 10.9. The van der Waals surface area contributed by atoms with Crippen molar-refractivity contribution in [1.29, 1.82) is 0 Å². The Bertz CT molecular complexity index is 1160. The number of phenols is 1. The van der Waals surface area contributed by atoms with Crippen LogP contribution in [0.4, 0.5) is 0 Å². The van der Waals surface area contributed by atoms with Crippen LogP contribution in [0.15, 0.2) is 88.1 Å². The summed E-state index contributed by atoms with van der Waals surface area (Å²) in [6.07, 6.45) is 0. The first-order valence-corrected chi connectivity index (χ1v) is 8.09. The van der Waals surface area contributed by atoms with Gasteiger partial charge in [0.1, 0.15) is 11.3 Å². The molecule has 0 bridgehead atoms. The Kier molecular flexibility index (Phi) is 3.86. The zero-order chi connectivity index (χ0) is 18.1. The second kappa shape index (κ2) is 6.33. The molecule has 1 N–H and O–H groups in total. The lowest BCUT2D eigenvalue weighted by Crippen LogP contribution is -2.03. The SMILES string of the molecule is O=C(c1ccccc1)c1cc2c(-c3ccccc3)cc(=O)oc2cc1O. The third-order valence-electron chi connectivity index (χ3n) is 4.23. The molecule has 0 saturated carbocycles. The van der Waals surface area contributed by atoms with Gasteiger partial charge in [-0.15, -0.1) is 0 Å². The number of hydrogen-bond acceptors (Lipinski definition) is 4. The van der Waals surface area contributed by atoms with Crippen LogP contribution in [-0.2, 0) is 0 Å². The average Bonchev–Trinajstić information content (AvgIpc) is 2.67. The molecule has 126 valence electrons. The van der Waals surface area contributed by atoms with E-state index < -0.39 is 5.63 Å². The van der Waals surface area contributed by atoms with Crippen LogP contribution < -0.4 is 5.63 Å². The Labute approximate surface area is 149 Å². The molecule has 0 saturated heterocycles. The van der Waals surface area contributed by atoms with Gasteiger partial charge >= 0.3 is 5.63 Å². The molecule has 0 aliphatic heterocycles. The molecule has 0 aliphatic rings. The molecule has 4 nitrogen and oxygen atoms in total. The quantitative estimate of drug-likeness (QED) is 0.443. The Hall–Kier alpha value is -3.66. The van der Waals surface area contributed by atoms with Gasteiger partial charge < -0.3 is 9.52 Å². The van der Waals surface area contributed by atoms with Crippen molar-refractivity contribution >= 4 is 16.8 Å². The van der Waals surface area contributed by atoms with Crippen molar-refractivity contribution in [3.05, 3.63) is 100 Å². The highest BCUT2D eigenvalue weighted by Gasteiger charge is 2.17. The summed E-state index contributed by atoms with van der Waals surface area (Å²) in [6.45, 7) is 0. The summed E-state index contributed by atoms with van der Waals surface area (Å²) in [7, 11) is 0. The molecule has 0 fully saturated rings. The third-order valence-corrected chi connectivity index (χ3v) is 4.23. The lowest BCUT2D eigenvalue weighted by Gasteiger charge is -2.09. The fourth-order valence-electron chi connectivity index (χ4n) is 2.98. The predicted molar refractivity (Wildman–Crippen MR) is 99.5 cm³/mol. The molecule has 0 atom stereocenters. The molecule has 0 radical (unpaired) electrons. The Balaban J connectivity index is 1.97. The van der Waals surface area contributed by atoms with Gasteiger partial charge in [-0.05, 0) is 17.2 Å². The van der Waals surface area contributed by atoms with Crippen LogP contribution in [-0.4, -0.2) is 10.9 Å². The molecular formula is C22H14O4. The molecule has 1 aromatic heterocycles. The number of ketones is 1. The van der Waals surface area contributed by atoms with E-state index in [0.29, 0.717) is 16.5 Å². The second-order valence-corrected chi connectivity index (χ2v) is 5.91. The van der Waals surface area contributed by atoms with Crippen molar-refractivity contribution in [3.63, 3.8) is 0 Å². The maximum atomic E-state index is 12.8. The van der Waals surface area contributed by atoms with Crippen LogP contribution in [0.5, 0.6) is 5.75 Å². The lowest BCUT2D eigenvalue weighted by atomic mass is 9.96. The van der Waals surface area contributed by atoms with Crippen molar-refractivity contribution in [2.75, 3.05) is 0 Å². The van der Waals surface area contributed by atoms with E-state index in [1.54, 1.807) is 30.3 Å². The van der Waals surface area contributed by atoms with Gasteiger partial charge in [0.15, 0.2) is 5.78 Å². The third kappa shape index (κ3) is 2.78. The standard InChI is InChI=1S/C22H14O4/c23-19-13-20-17(11-18(19)22(25)15-9-5-2-6-10-15)16(12-21(24)26-20)14-7-3-1-4-8-14/h1-13,23H. The van der Waals surface area contributed by atoms with E-state index in [1.807, 2.05) is 36.4 Å². The molecule has 0 amide bonds. The van der Waals surface area contributed by atoms with Gasteiger partial charge in [0.25, 0.3) is 0 Å². The second-order valence-electron chi connectivity index (χ2n) is 5.91. The number of hydrogen-bond donors (Lipinski definition) is 1. The van der Waals surface area contributed by atoms with Crippen molar-refractivity contribution < 1.29 is 14.3 Å². The highest BCUT2D eigenvalue weighted by molar-refractivity contribution is 6.13. The van der Waals surface area contributed by atoms with Gasteiger partial charge in [-0.1, -0.05) is 60.7 Å². The largest absolute Gasteiger partial charge is 0.507 e. The van der Waals surface area contributed by atoms with E-state index in [4.69, 9.17) is 4.42 Å². The van der Waals surface area contributed by atoms with Crippen LogP contribution in [0.2, 0.25) is 0 Å². The number of fused-ring (bicyclic) bond motifs is 1. The highest BCUT2D eigenvalue weighted by atomic mass is 16.4. The average molecular weight is 342 g/mol. The maximum absolute atomic E-state index is 12.8. The zero-order valence-corrected chi connectivity index (χ0v) is 13.7. The minimum Gasteiger partial charge on any atom is -0.507 e. The Morgan fingerprint density at radius 3 is 2.19 bits per heavy atom. The molecule has 0 aliphatic carbocycles. The first-order valence-electron chi connectivity index (χ1n) is 8.09. The van der Waals surface area contributed by atoms with Gasteiger partial charge in [0.2, 0.25) is 0 Å². The van der Waals surface area contributed by atoms with Gasteiger partial charge in [0.05, 0.1) is 5.56 Å². The first kappa shape index (κ1) is 15.8. The van der Waals surface area contributed by atoms with Crippen molar-refractivity contribution in [3.8, 4) is 16.9 Å². The van der Waals surface area contributed by atoms with E-state index in [0.717, 1.165) is 5.56 Å². The van der Waals surface area contributed by atoms with Crippen LogP contribution in [0.3, 0.4) is 0 Å². The number of carbonyl (C=O) groups excluding carboxylic acids is 1. The number of carbonyl (C=O) groups is 1. The molecule has 0 spiro atoms. The maximum Gasteiger partial charge on any atom is 0.336 e. The van der Waals surface area contributed by atoms with Gasteiger partial charge in [-0.2, -0.15) is 0 Å². The lowest BCUT2D eigenvalue weighted by molar-refractivity contribution is 0.103. The smallest absolute Gasteiger partial charge is 0.336 e. The normalized spacial score (nSPS) is 10.8. The molecular weight excluding hydrogens is 328 g/mol. The summed E-state index contributed by atoms with van der Waals surface area (Å²) in [4.78, 5) is 24.7. The molecule has 4 aromatic rings. The first-order chi connectivity index (χ1) is 12.6. The molecule has 1 heterocycles. The Morgan fingerprint density at radius 2 is 1.50 bits per heavy atom. The number of rotatable bonds is 3. The fraction of sp³-hybridized carbons (Fsp3) is 0. The topological polar surface area (TPSA) is 67.5 Å². The van der Waals surface area contributed by atoms with Crippen LogP contribution in [0.1, 0.15) is 15.9 Å². The molecule has 4 heteroatoms. The predicted octanol–water partition coefficient (Wildman–Crippen LogP) is 4.40. The van der Waals surface area contributed by atoms with Gasteiger partial charge in [0, 0.05) is 23.1 Å². The minimum atomic E-state index is -0.516. The summed E-state index contributed by atoms with van der Waals surface area (Å²) in [6, 6.07) is 22.4. The molecule has 26 heavy (non-hydrogen) atoms. The van der Waals surface area contributed by atoms with E-state index >= 15 is 0 Å². The van der Waals surface area contributed by atoms with Gasteiger partial charge in [-0.3, -0.25) is 4.79 Å². The Morgan fingerprint density at radius 1 is 0.846 bits per heavy atom. The van der Waals surface area contributed by atoms with E-state index in [9.17, 15) is 14.7 Å². The number of phenolic OH excluding ortho intramolecular Hbond substituents is 1. The zero-order valence-electron chi connectivity index (χ0n) is 13.7. The van der Waals surface area contributed by atoms with Crippen molar-refractivity contribution in [2.45, 2.75) is 0 Å². The van der Waals surface area contributed by atoms with Crippen LogP contribution in [0, 0.1) is 0 Å². The van der Waals surface area contributed by atoms with E-state index in [2.05, 4.69) is 0 Å². The molecule has 4 rings (SSSR count). The highest BCUT2D eigenvalue weighted by Crippen LogP contribution is 2.32. The van der Waals surface area contributed by atoms with Crippen molar-refractivity contribution in [2.24, 2.45) is 0 Å². The summed E-state index contributed by atoms with van der Waals surface area (Å²) in [5.74, 6) is -0.519. The minimum absolute atomic E-state index is 0.162. The number of aromatic hydroxyl groups is 1. The molecule has 0 unspecified atom stereocenters. The number of benzene rings is 3. The molecule has 3 aromatic carbocycles. The van der Waals surface area contributed by atoms with Crippen molar-refractivity contribution in [1.82, 2.24) is 0 Å². The van der Waals surface area contributed by atoms with E-state index in [-0.39, 0.29) is 22.7 Å². The van der Waals surface area contributed by atoms with Crippen LogP contribution >= 0.6 is 0 Å². The van der Waals surface area contributed by atoms with Crippen LogP contribution in [0.25, 0.3) is 22.1 Å². The van der Waals surface area contributed by atoms with Gasteiger partial charge in [-0.25, -0.2) is 4.79 Å². The van der Waals surface area contributed by atoms with E-state index in [1.165, 1.54) is 12.1 Å². The fourth-order valence-corrected chi connectivity index (χ4v) is 2.98. The summed E-state index contributed by atoms with van der Waals surface area (Å²) < 4.78 is 5.22. The summed E-state index contributed by atoms with van der Waals surface area (Å²) >= 11 is 0.